The molecular weight excluding hydrogens is 188 g/mol. The summed E-state index contributed by atoms with van der Waals surface area (Å²) >= 11 is 4.11. The van der Waals surface area contributed by atoms with E-state index < -0.39 is 0 Å². The molecule has 3 saturated heterocycles. The van der Waals surface area contributed by atoms with Crippen LogP contribution in [-0.4, -0.2) is 20.7 Å². The maximum atomic E-state index is 5.86. The van der Waals surface area contributed by atoms with Crippen molar-refractivity contribution in [3.05, 3.63) is 24.0 Å². The number of ether oxygens (including phenoxy) is 1. The third kappa shape index (κ3) is 0.589. The van der Waals surface area contributed by atoms with Crippen molar-refractivity contribution >= 4 is 23.5 Å². The van der Waals surface area contributed by atoms with Crippen LogP contribution in [0.15, 0.2) is 24.0 Å². The average Bonchev–Trinajstić information content (AvgIpc) is 2.92. The van der Waals surface area contributed by atoms with Gasteiger partial charge in [0.1, 0.15) is 5.76 Å². The Morgan fingerprint density at radius 1 is 1.58 bits per heavy atom. The van der Waals surface area contributed by atoms with E-state index in [0.29, 0.717) is 10.2 Å². The largest absolute Gasteiger partial charge is 0.481 e. The number of thioether (sulfide) groups is 2. The highest BCUT2D eigenvalue weighted by Crippen LogP contribution is 2.74. The van der Waals surface area contributed by atoms with Gasteiger partial charge in [0.2, 0.25) is 0 Å². The van der Waals surface area contributed by atoms with Gasteiger partial charge in [-0.3, -0.25) is 0 Å². The minimum Gasteiger partial charge on any atom is -0.481 e. The van der Waals surface area contributed by atoms with Gasteiger partial charge in [-0.15, -0.1) is 23.5 Å². The van der Waals surface area contributed by atoms with Crippen LogP contribution in [0.5, 0.6) is 0 Å². The summed E-state index contributed by atoms with van der Waals surface area (Å²) in [5.74, 6) is 1.26. The lowest BCUT2D eigenvalue weighted by Crippen LogP contribution is -2.29. The van der Waals surface area contributed by atoms with Crippen molar-refractivity contribution in [2.75, 3.05) is 0 Å². The first-order valence-electron chi connectivity index (χ1n) is 4.27. The van der Waals surface area contributed by atoms with Gasteiger partial charge in [-0.25, -0.2) is 0 Å². The highest BCUT2D eigenvalue weighted by molar-refractivity contribution is 8.13. The zero-order chi connectivity index (χ0) is 7.76. The second-order valence-electron chi connectivity index (χ2n) is 3.68. The van der Waals surface area contributed by atoms with Gasteiger partial charge >= 0.3 is 0 Å². The fourth-order valence-corrected chi connectivity index (χ4v) is 5.17. The number of rotatable bonds is 0. The predicted octanol–water partition coefficient (Wildman–Crippen LogP) is 2.16. The Morgan fingerprint density at radius 2 is 2.58 bits per heavy atom. The molecule has 0 radical (unpaired) electrons. The Kier molecular flexibility index (Phi) is 0.940. The van der Waals surface area contributed by atoms with Crippen LogP contribution in [0.3, 0.4) is 0 Å². The molecule has 0 saturated carbocycles. The highest BCUT2D eigenvalue weighted by Gasteiger charge is 2.72. The molecule has 0 amide bonds. The first-order valence-corrected chi connectivity index (χ1v) is 6.10. The minimum atomic E-state index is 0.402. The van der Waals surface area contributed by atoms with Gasteiger partial charge in [0, 0.05) is 5.25 Å². The van der Waals surface area contributed by atoms with Gasteiger partial charge in [0.05, 0.1) is 10.00 Å². The smallest absolute Gasteiger partial charge is 0.157 e. The lowest BCUT2D eigenvalue weighted by molar-refractivity contribution is 0.164. The van der Waals surface area contributed by atoms with Gasteiger partial charge < -0.3 is 4.74 Å². The normalized spacial score (nSPS) is 57.3. The summed E-state index contributed by atoms with van der Waals surface area (Å²) < 4.78 is 6.26. The number of hydrogen-bond acceptors (Lipinski definition) is 3. The minimum absolute atomic E-state index is 0.402. The van der Waals surface area contributed by atoms with E-state index in [1.165, 1.54) is 12.2 Å². The van der Waals surface area contributed by atoms with Crippen LogP contribution in [0.1, 0.15) is 6.42 Å². The predicted molar refractivity (Wildman–Crippen MR) is 52.2 cm³/mol. The Labute approximate surface area is 79.6 Å². The molecule has 0 bridgehead atoms. The van der Waals surface area contributed by atoms with Crippen LogP contribution in [0.4, 0.5) is 0 Å². The number of allylic oxidation sites excluding steroid dienone is 3. The zero-order valence-electron chi connectivity index (χ0n) is 6.40. The molecule has 4 aliphatic rings. The van der Waals surface area contributed by atoms with Crippen LogP contribution < -0.4 is 0 Å². The SMILES string of the molecule is C1=CCC23SC2C2SC2OC3=C1. The highest BCUT2D eigenvalue weighted by atomic mass is 32.2. The molecule has 0 aromatic carbocycles. The maximum Gasteiger partial charge on any atom is 0.157 e. The van der Waals surface area contributed by atoms with Crippen LogP contribution in [0.2, 0.25) is 0 Å². The van der Waals surface area contributed by atoms with Crippen molar-refractivity contribution in [2.24, 2.45) is 0 Å². The van der Waals surface area contributed by atoms with Crippen LogP contribution in [0, 0.1) is 0 Å². The summed E-state index contributed by atoms with van der Waals surface area (Å²) in [5, 5.41) is 1.69. The van der Waals surface area contributed by atoms with E-state index in [9.17, 15) is 0 Å². The second kappa shape index (κ2) is 1.75. The van der Waals surface area contributed by atoms with E-state index in [1.54, 1.807) is 0 Å². The molecule has 4 unspecified atom stereocenters. The van der Waals surface area contributed by atoms with Gasteiger partial charge in [0.15, 0.2) is 5.44 Å². The Balaban J connectivity index is 1.83. The molecule has 0 aromatic rings. The molecule has 3 heteroatoms. The van der Waals surface area contributed by atoms with E-state index in [0.717, 1.165) is 10.5 Å². The average molecular weight is 196 g/mol. The third-order valence-electron chi connectivity index (χ3n) is 2.99. The summed E-state index contributed by atoms with van der Waals surface area (Å²) in [6.07, 6.45) is 7.75. The van der Waals surface area contributed by atoms with Crippen molar-refractivity contribution in [1.82, 2.24) is 0 Å². The maximum absolute atomic E-state index is 5.86. The molecule has 62 valence electrons. The van der Waals surface area contributed by atoms with Crippen LogP contribution in [-0.2, 0) is 4.74 Å². The van der Waals surface area contributed by atoms with Crippen molar-refractivity contribution in [3.63, 3.8) is 0 Å². The van der Waals surface area contributed by atoms with E-state index in [4.69, 9.17) is 4.74 Å². The summed E-state index contributed by atoms with van der Waals surface area (Å²) in [6, 6.07) is 0. The van der Waals surface area contributed by atoms with Gasteiger partial charge in [-0.1, -0.05) is 12.2 Å². The standard InChI is InChI=1S/C9H8OS2/c1-2-4-9-5(3-1)10-8-6(11-8)7(9)12-9/h1-3,6-8H,4H2. The van der Waals surface area contributed by atoms with Crippen molar-refractivity contribution < 1.29 is 4.74 Å². The first kappa shape index (κ1) is 6.44. The van der Waals surface area contributed by atoms with Gasteiger partial charge in [-0.2, -0.15) is 0 Å². The molecule has 0 N–H and O–H groups in total. The van der Waals surface area contributed by atoms with Crippen molar-refractivity contribution in [3.8, 4) is 0 Å². The van der Waals surface area contributed by atoms with E-state index >= 15 is 0 Å². The molecule has 4 atom stereocenters. The quantitative estimate of drug-likeness (QED) is 0.549. The monoisotopic (exact) mass is 196 g/mol. The van der Waals surface area contributed by atoms with Crippen LogP contribution in [0.25, 0.3) is 0 Å². The van der Waals surface area contributed by atoms with E-state index in [1.807, 2.05) is 11.8 Å². The van der Waals surface area contributed by atoms with Gasteiger partial charge in [0.25, 0.3) is 0 Å². The molecule has 3 aliphatic heterocycles. The van der Waals surface area contributed by atoms with Gasteiger partial charge in [-0.05, 0) is 12.5 Å². The molecule has 3 fully saturated rings. The first-order chi connectivity index (χ1) is 5.90. The topological polar surface area (TPSA) is 9.23 Å². The van der Waals surface area contributed by atoms with Crippen molar-refractivity contribution in [1.29, 1.82) is 0 Å². The number of fused-ring (bicyclic) bond motifs is 2. The summed E-state index contributed by atoms with van der Waals surface area (Å²) in [6.45, 7) is 0. The molecular formula is C9H8OS2. The molecule has 1 spiro atoms. The second-order valence-corrected chi connectivity index (χ2v) is 6.43. The molecule has 12 heavy (non-hydrogen) atoms. The Bertz CT molecular complexity index is 322. The number of hydrogen-bond donors (Lipinski definition) is 0. The summed E-state index contributed by atoms with van der Waals surface area (Å²) in [5.41, 5.74) is 0.510. The molecule has 1 aliphatic carbocycles. The van der Waals surface area contributed by atoms with Crippen LogP contribution >= 0.6 is 23.5 Å². The molecule has 3 heterocycles. The lowest BCUT2D eigenvalue weighted by Gasteiger charge is -2.23. The molecule has 0 aromatic heterocycles. The van der Waals surface area contributed by atoms with E-state index in [2.05, 4.69) is 30.0 Å². The van der Waals surface area contributed by atoms with E-state index in [-0.39, 0.29) is 0 Å². The fourth-order valence-electron chi connectivity index (χ4n) is 2.21. The summed E-state index contributed by atoms with van der Waals surface area (Å²) in [7, 11) is 0. The lowest BCUT2D eigenvalue weighted by atomic mass is 9.92. The molecule has 4 rings (SSSR count). The Morgan fingerprint density at radius 3 is 3.58 bits per heavy atom. The molecule has 1 nitrogen and oxygen atoms in total. The fraction of sp³-hybridized carbons (Fsp3) is 0.556. The Hall–Kier alpha value is -0.0200. The zero-order valence-corrected chi connectivity index (χ0v) is 8.03. The van der Waals surface area contributed by atoms with Crippen molar-refractivity contribution in [2.45, 2.75) is 27.1 Å². The summed E-state index contributed by atoms with van der Waals surface area (Å²) in [4.78, 5) is 0. The third-order valence-corrected chi connectivity index (χ3v) is 6.07.